The number of unbranched alkanes of at least 4 members (excludes halogenated alkanes) is 22. The van der Waals surface area contributed by atoms with Gasteiger partial charge in [-0.1, -0.05) is 179 Å². The molecule has 0 spiro atoms. The van der Waals surface area contributed by atoms with Crippen molar-refractivity contribution in [2.24, 2.45) is 0 Å². The van der Waals surface area contributed by atoms with Crippen LogP contribution in [0.25, 0.3) is 0 Å². The molecule has 2 atom stereocenters. The van der Waals surface area contributed by atoms with E-state index in [9.17, 15) is 19.5 Å². The third kappa shape index (κ3) is 38.8. The molecular formula is C49H89NO7. The second-order valence-corrected chi connectivity index (χ2v) is 17.0. The molecule has 0 fully saturated rings. The fourth-order valence-corrected chi connectivity index (χ4v) is 6.91. The van der Waals surface area contributed by atoms with Gasteiger partial charge in [-0.25, -0.2) is 0 Å². The normalized spacial score (nSPS) is 13.2. The van der Waals surface area contributed by atoms with E-state index in [1.54, 1.807) is 21.1 Å². The van der Waals surface area contributed by atoms with Crippen LogP contribution >= 0.6 is 0 Å². The van der Waals surface area contributed by atoms with E-state index in [-0.39, 0.29) is 42.7 Å². The Bertz CT molecular complexity index is 1030. The number of allylic oxidation sites excluding steroid dienone is 6. The van der Waals surface area contributed by atoms with Crippen molar-refractivity contribution in [1.82, 2.24) is 0 Å². The molecule has 0 aromatic rings. The Morgan fingerprint density at radius 1 is 0.544 bits per heavy atom. The van der Waals surface area contributed by atoms with Gasteiger partial charge in [-0.15, -0.1) is 0 Å². The molecule has 8 nitrogen and oxygen atoms in total. The van der Waals surface area contributed by atoms with Crippen molar-refractivity contribution in [3.8, 4) is 0 Å². The van der Waals surface area contributed by atoms with Crippen LogP contribution in [0, 0.1) is 0 Å². The maximum atomic E-state index is 12.7. The monoisotopic (exact) mass is 804 g/mol. The van der Waals surface area contributed by atoms with Gasteiger partial charge in [0.2, 0.25) is 0 Å². The number of hydrogen-bond acceptors (Lipinski definition) is 7. The third-order valence-electron chi connectivity index (χ3n) is 10.5. The summed E-state index contributed by atoms with van der Waals surface area (Å²) < 4.78 is 17.2. The molecule has 0 aromatic carbocycles. The summed E-state index contributed by atoms with van der Waals surface area (Å²) in [6.45, 7) is 4.55. The summed E-state index contributed by atoms with van der Waals surface area (Å²) in [5.41, 5.74) is 0. The number of aliphatic carboxylic acids is 1. The molecule has 8 heteroatoms. The fraction of sp³-hybridized carbons (Fsp3) is 0.816. The Balaban J connectivity index is 4.29. The minimum atomic E-state index is -1.13. The lowest BCUT2D eigenvalue weighted by Gasteiger charge is -2.34. The zero-order valence-corrected chi connectivity index (χ0v) is 37.8. The number of hydrogen-bond donors (Lipinski definition) is 0. The molecule has 0 saturated carbocycles. The number of likely N-dealkylation sites (N-methyl/N-ethyl adjacent to an activating group) is 1. The molecule has 0 radical (unpaired) electrons. The Morgan fingerprint density at radius 2 is 0.982 bits per heavy atom. The topological polar surface area (TPSA) is 102 Å². The minimum absolute atomic E-state index is 0.0361. The number of carbonyl (C=O) groups excluding carboxylic acids is 3. The number of carboxylic acids is 1. The zero-order chi connectivity index (χ0) is 42.1. The van der Waals surface area contributed by atoms with Crippen molar-refractivity contribution in [1.29, 1.82) is 0 Å². The summed E-state index contributed by atoms with van der Waals surface area (Å²) in [5, 5.41) is 11.6. The Morgan fingerprint density at radius 3 is 1.46 bits per heavy atom. The summed E-state index contributed by atoms with van der Waals surface area (Å²) in [5.74, 6) is -1.75. The van der Waals surface area contributed by atoms with Crippen molar-refractivity contribution in [3.63, 3.8) is 0 Å². The third-order valence-corrected chi connectivity index (χ3v) is 10.5. The zero-order valence-electron chi connectivity index (χ0n) is 37.8. The molecule has 2 unspecified atom stereocenters. The van der Waals surface area contributed by atoms with Gasteiger partial charge in [0.15, 0.2) is 6.10 Å². The van der Waals surface area contributed by atoms with Crippen LogP contribution < -0.4 is 5.11 Å². The molecule has 0 rings (SSSR count). The lowest BCUT2D eigenvalue weighted by molar-refractivity contribution is -0.889. The summed E-state index contributed by atoms with van der Waals surface area (Å²) in [6.07, 6.45) is 46.0. The largest absolute Gasteiger partial charge is 0.544 e. The van der Waals surface area contributed by atoms with Crippen molar-refractivity contribution < 1.29 is 38.2 Å². The molecule has 0 aliphatic rings. The lowest BCUT2D eigenvalue weighted by Crippen LogP contribution is -2.55. The van der Waals surface area contributed by atoms with E-state index in [4.69, 9.17) is 14.2 Å². The number of nitrogens with zero attached hydrogens (tertiary/aromatic N) is 1. The molecule has 332 valence electrons. The van der Waals surface area contributed by atoms with Gasteiger partial charge in [0, 0.05) is 19.3 Å². The molecule has 0 aromatic heterocycles. The average Bonchev–Trinajstić information content (AvgIpc) is 3.17. The highest BCUT2D eigenvalue weighted by molar-refractivity contribution is 5.70. The van der Waals surface area contributed by atoms with Crippen molar-refractivity contribution in [3.05, 3.63) is 36.5 Å². The highest BCUT2D eigenvalue weighted by Crippen LogP contribution is 2.16. The summed E-state index contributed by atoms with van der Waals surface area (Å²) >= 11 is 0. The van der Waals surface area contributed by atoms with Gasteiger partial charge in [-0.2, -0.15) is 0 Å². The molecule has 0 N–H and O–H groups in total. The smallest absolute Gasteiger partial charge is 0.306 e. The number of carboxylic acid groups (broad SMARTS) is 1. The predicted octanol–water partition coefficient (Wildman–Crippen LogP) is 11.7. The first-order valence-corrected chi connectivity index (χ1v) is 23.5. The first-order chi connectivity index (χ1) is 27.6. The minimum Gasteiger partial charge on any atom is -0.544 e. The van der Waals surface area contributed by atoms with Crippen LogP contribution in [0.1, 0.15) is 206 Å². The Hall–Kier alpha value is -2.45. The summed E-state index contributed by atoms with van der Waals surface area (Å²) in [7, 11) is 5.41. The number of carbonyl (C=O) groups is 3. The number of rotatable bonds is 42. The lowest BCUT2D eigenvalue weighted by atomic mass is 10.0. The van der Waals surface area contributed by atoms with E-state index >= 15 is 0 Å². The van der Waals surface area contributed by atoms with Crippen LogP contribution in [0.3, 0.4) is 0 Å². The van der Waals surface area contributed by atoms with Crippen molar-refractivity contribution in [2.75, 3.05) is 41.0 Å². The van der Waals surface area contributed by atoms with Crippen LogP contribution in [0.4, 0.5) is 0 Å². The van der Waals surface area contributed by atoms with Gasteiger partial charge in [0.1, 0.15) is 12.6 Å². The van der Waals surface area contributed by atoms with Crippen LogP contribution in [0.2, 0.25) is 0 Å². The first-order valence-electron chi connectivity index (χ1n) is 23.5. The van der Waals surface area contributed by atoms with Crippen molar-refractivity contribution in [2.45, 2.75) is 219 Å². The molecule has 0 heterocycles. The van der Waals surface area contributed by atoms with E-state index in [0.717, 1.165) is 70.6 Å². The van der Waals surface area contributed by atoms with Gasteiger partial charge in [0.05, 0.1) is 40.3 Å². The first kappa shape index (κ1) is 54.6. The van der Waals surface area contributed by atoms with Gasteiger partial charge >= 0.3 is 11.9 Å². The van der Waals surface area contributed by atoms with Crippen LogP contribution in [0.15, 0.2) is 36.5 Å². The number of ether oxygens (including phenoxy) is 3. The number of quaternary nitrogens is 1. The highest BCUT2D eigenvalue weighted by atomic mass is 16.6. The van der Waals surface area contributed by atoms with Crippen LogP contribution in [-0.4, -0.2) is 75.5 Å². The second kappa shape index (κ2) is 40.3. The maximum absolute atomic E-state index is 12.7. The van der Waals surface area contributed by atoms with E-state index in [0.29, 0.717) is 12.8 Å². The second-order valence-electron chi connectivity index (χ2n) is 17.0. The average molecular weight is 804 g/mol. The predicted molar refractivity (Wildman–Crippen MR) is 236 cm³/mol. The quantitative estimate of drug-likeness (QED) is 0.0262. The SMILES string of the molecule is CC/C=C/C/C=C/C/C=C/CCCCCCC(=O)OCC(COCCC(C(=O)[O-])[N+](C)(C)C)OC(=O)CCCCCCCCCCCCCCCCCCCCC. The summed E-state index contributed by atoms with van der Waals surface area (Å²) in [6, 6.07) is -0.727. The van der Waals surface area contributed by atoms with Crippen molar-refractivity contribution >= 4 is 17.9 Å². The Kier molecular flexibility index (Phi) is 38.6. The maximum Gasteiger partial charge on any atom is 0.306 e. The molecule has 0 saturated heterocycles. The fourth-order valence-electron chi connectivity index (χ4n) is 6.91. The number of esters is 2. The summed E-state index contributed by atoms with van der Waals surface area (Å²) in [4.78, 5) is 36.9. The van der Waals surface area contributed by atoms with Gasteiger partial charge < -0.3 is 28.6 Å². The molecular weight excluding hydrogens is 715 g/mol. The van der Waals surface area contributed by atoms with Crippen LogP contribution in [-0.2, 0) is 28.6 Å². The molecule has 0 aliphatic heterocycles. The molecule has 0 aliphatic carbocycles. The van der Waals surface area contributed by atoms with Gasteiger partial charge in [0.25, 0.3) is 0 Å². The molecule has 0 amide bonds. The highest BCUT2D eigenvalue weighted by Gasteiger charge is 2.25. The molecule has 57 heavy (non-hydrogen) atoms. The standard InChI is InChI=1S/C49H89NO7/c1-6-8-10-12-14-16-18-20-22-23-24-25-26-28-30-32-34-36-38-40-48(52)57-45(43-55-42-41-46(49(53)54)50(3,4)5)44-56-47(51)39-37-35-33-31-29-27-21-19-17-15-13-11-9-7-2/h9,11,15,17,21,27,45-46H,6-8,10,12-14,16,18-20,22-26,28-44H2,1-5H3/b11-9+,17-15+,27-21+. The van der Waals surface area contributed by atoms with E-state index in [1.165, 1.54) is 103 Å². The van der Waals surface area contributed by atoms with E-state index in [1.807, 2.05) is 0 Å². The van der Waals surface area contributed by atoms with Gasteiger partial charge in [-0.3, -0.25) is 9.59 Å². The Labute approximate surface area is 351 Å². The van der Waals surface area contributed by atoms with Crippen LogP contribution in [0.5, 0.6) is 0 Å². The van der Waals surface area contributed by atoms with Gasteiger partial charge in [-0.05, 0) is 44.9 Å². The van der Waals surface area contributed by atoms with E-state index in [2.05, 4.69) is 50.3 Å². The van der Waals surface area contributed by atoms with E-state index < -0.39 is 18.1 Å². The molecule has 0 bridgehead atoms.